The highest BCUT2D eigenvalue weighted by Crippen LogP contribution is 2.36. The summed E-state index contributed by atoms with van der Waals surface area (Å²) in [4.78, 5) is 16.9. The lowest BCUT2D eigenvalue weighted by Gasteiger charge is -2.22. The van der Waals surface area contributed by atoms with Gasteiger partial charge in [-0.2, -0.15) is 0 Å². The summed E-state index contributed by atoms with van der Waals surface area (Å²) in [6.07, 6.45) is 3.85. The van der Waals surface area contributed by atoms with Gasteiger partial charge in [-0.1, -0.05) is 6.07 Å². The van der Waals surface area contributed by atoms with Crippen molar-refractivity contribution in [3.8, 4) is 11.6 Å². The second-order valence-electron chi connectivity index (χ2n) is 7.50. The van der Waals surface area contributed by atoms with Crippen molar-refractivity contribution < 1.29 is 18.7 Å². The van der Waals surface area contributed by atoms with Crippen molar-refractivity contribution in [3.05, 3.63) is 53.0 Å². The van der Waals surface area contributed by atoms with E-state index in [9.17, 15) is 9.18 Å². The molecular formula is C22H25FN2O3. The highest BCUT2D eigenvalue weighted by molar-refractivity contribution is 6.01. The van der Waals surface area contributed by atoms with E-state index in [-0.39, 0.29) is 18.3 Å². The van der Waals surface area contributed by atoms with Crippen molar-refractivity contribution in [1.29, 1.82) is 0 Å². The van der Waals surface area contributed by atoms with Gasteiger partial charge in [0.2, 0.25) is 5.88 Å². The first kappa shape index (κ1) is 18.9. The Morgan fingerprint density at radius 1 is 1.21 bits per heavy atom. The van der Waals surface area contributed by atoms with Crippen LogP contribution in [0.4, 0.5) is 4.39 Å². The van der Waals surface area contributed by atoms with Gasteiger partial charge >= 0.3 is 0 Å². The molecule has 1 aliphatic carbocycles. The third-order valence-electron chi connectivity index (χ3n) is 5.46. The van der Waals surface area contributed by atoms with E-state index in [2.05, 4.69) is 10.3 Å². The summed E-state index contributed by atoms with van der Waals surface area (Å²) in [6.45, 7) is 2.02. The highest BCUT2D eigenvalue weighted by Gasteiger charge is 2.32. The third kappa shape index (κ3) is 4.17. The van der Waals surface area contributed by atoms with E-state index in [0.717, 1.165) is 44.5 Å². The standard InChI is InChI=1S/C22H25FN2O3/c1-27-20-11-16(18(23)12-17(20)22(26)15-5-6-15)13-28-21-4-2-3-19(25-21)14-7-9-24-10-8-14/h2-4,11-12,14-15,24H,5-10,13H2,1H3. The first-order chi connectivity index (χ1) is 13.7. The lowest BCUT2D eigenvalue weighted by atomic mass is 9.94. The van der Waals surface area contributed by atoms with Crippen LogP contribution in [0.1, 0.15) is 53.2 Å². The molecule has 2 aromatic rings. The molecule has 2 heterocycles. The Hall–Kier alpha value is -2.47. The molecule has 2 aliphatic rings. The van der Waals surface area contributed by atoms with E-state index in [4.69, 9.17) is 9.47 Å². The van der Waals surface area contributed by atoms with Crippen LogP contribution in [0.2, 0.25) is 0 Å². The first-order valence-corrected chi connectivity index (χ1v) is 9.87. The summed E-state index contributed by atoms with van der Waals surface area (Å²) in [5.41, 5.74) is 1.68. The number of ether oxygens (including phenoxy) is 2. The van der Waals surface area contributed by atoms with Gasteiger partial charge in [0.1, 0.15) is 18.2 Å². The Labute approximate surface area is 164 Å². The number of piperidine rings is 1. The number of halogens is 1. The van der Waals surface area contributed by atoms with Crippen LogP contribution in [0, 0.1) is 11.7 Å². The zero-order valence-electron chi connectivity index (χ0n) is 16.0. The normalized spacial score (nSPS) is 17.4. The van der Waals surface area contributed by atoms with Crippen molar-refractivity contribution in [3.63, 3.8) is 0 Å². The Morgan fingerprint density at radius 2 is 2.00 bits per heavy atom. The maximum atomic E-state index is 14.6. The van der Waals surface area contributed by atoms with Crippen molar-refractivity contribution >= 4 is 5.78 Å². The predicted octanol–water partition coefficient (Wildman–Crippen LogP) is 3.87. The Bertz CT molecular complexity index is 861. The van der Waals surface area contributed by atoms with Crippen LogP contribution in [-0.4, -0.2) is 31.0 Å². The van der Waals surface area contributed by atoms with Crippen LogP contribution in [0.5, 0.6) is 11.6 Å². The maximum Gasteiger partial charge on any atom is 0.213 e. The van der Waals surface area contributed by atoms with Crippen LogP contribution >= 0.6 is 0 Å². The van der Waals surface area contributed by atoms with Crippen molar-refractivity contribution in [2.24, 2.45) is 5.92 Å². The number of pyridine rings is 1. The van der Waals surface area contributed by atoms with Gasteiger partial charge in [0, 0.05) is 29.2 Å². The molecule has 0 bridgehead atoms. The molecule has 1 aromatic carbocycles. The molecule has 1 N–H and O–H groups in total. The number of benzene rings is 1. The smallest absolute Gasteiger partial charge is 0.213 e. The van der Waals surface area contributed by atoms with Crippen molar-refractivity contribution in [2.75, 3.05) is 20.2 Å². The molecule has 0 atom stereocenters. The summed E-state index contributed by atoms with van der Waals surface area (Å²) in [5.74, 6) is 0.811. The number of carbonyl (C=O) groups is 1. The van der Waals surface area contributed by atoms with E-state index in [0.29, 0.717) is 28.7 Å². The monoisotopic (exact) mass is 384 g/mol. The molecule has 1 saturated carbocycles. The van der Waals surface area contributed by atoms with E-state index in [1.807, 2.05) is 12.1 Å². The summed E-state index contributed by atoms with van der Waals surface area (Å²) in [7, 11) is 1.49. The molecule has 28 heavy (non-hydrogen) atoms. The third-order valence-corrected chi connectivity index (χ3v) is 5.46. The number of Topliss-reactive ketones (excluding diaryl/α,β-unsaturated/α-hetero) is 1. The largest absolute Gasteiger partial charge is 0.496 e. The van der Waals surface area contributed by atoms with E-state index < -0.39 is 5.82 Å². The van der Waals surface area contributed by atoms with Gasteiger partial charge in [0.05, 0.1) is 12.7 Å². The van der Waals surface area contributed by atoms with E-state index in [1.54, 1.807) is 12.1 Å². The second-order valence-corrected chi connectivity index (χ2v) is 7.50. The molecular weight excluding hydrogens is 359 g/mol. The first-order valence-electron chi connectivity index (χ1n) is 9.87. The summed E-state index contributed by atoms with van der Waals surface area (Å²) >= 11 is 0. The molecule has 2 fully saturated rings. The number of rotatable bonds is 7. The zero-order chi connectivity index (χ0) is 19.5. The number of aromatic nitrogens is 1. The number of nitrogens with one attached hydrogen (secondary N) is 1. The molecule has 148 valence electrons. The number of methoxy groups -OCH3 is 1. The Kier molecular flexibility index (Phi) is 5.57. The predicted molar refractivity (Wildman–Crippen MR) is 103 cm³/mol. The Morgan fingerprint density at radius 3 is 2.71 bits per heavy atom. The molecule has 0 unspecified atom stereocenters. The summed E-state index contributed by atoms with van der Waals surface area (Å²) in [5, 5.41) is 3.35. The van der Waals surface area contributed by atoms with Gasteiger partial charge in [0.15, 0.2) is 5.78 Å². The van der Waals surface area contributed by atoms with Gasteiger partial charge < -0.3 is 14.8 Å². The minimum absolute atomic E-state index is 0.0114. The fraction of sp³-hybridized carbons (Fsp3) is 0.455. The van der Waals surface area contributed by atoms with Gasteiger partial charge in [-0.15, -0.1) is 0 Å². The van der Waals surface area contributed by atoms with Gasteiger partial charge in [-0.3, -0.25) is 4.79 Å². The lowest BCUT2D eigenvalue weighted by Crippen LogP contribution is -2.27. The fourth-order valence-electron chi connectivity index (χ4n) is 3.64. The van der Waals surface area contributed by atoms with Gasteiger partial charge in [-0.05, 0) is 57.0 Å². The van der Waals surface area contributed by atoms with E-state index in [1.165, 1.54) is 13.2 Å². The molecule has 4 rings (SSSR count). The summed E-state index contributed by atoms with van der Waals surface area (Å²) in [6, 6.07) is 8.56. The molecule has 0 amide bonds. The van der Waals surface area contributed by atoms with Crippen LogP contribution in [0.3, 0.4) is 0 Å². The maximum absolute atomic E-state index is 14.6. The van der Waals surface area contributed by atoms with Gasteiger partial charge in [0.25, 0.3) is 0 Å². The molecule has 1 saturated heterocycles. The van der Waals surface area contributed by atoms with Crippen LogP contribution in [0.15, 0.2) is 30.3 Å². The van der Waals surface area contributed by atoms with Crippen LogP contribution < -0.4 is 14.8 Å². The number of hydrogen-bond donors (Lipinski definition) is 1. The highest BCUT2D eigenvalue weighted by atomic mass is 19.1. The second kappa shape index (κ2) is 8.27. The lowest BCUT2D eigenvalue weighted by molar-refractivity contribution is 0.0964. The van der Waals surface area contributed by atoms with Crippen molar-refractivity contribution in [1.82, 2.24) is 10.3 Å². The molecule has 1 aliphatic heterocycles. The average molecular weight is 384 g/mol. The fourth-order valence-corrected chi connectivity index (χ4v) is 3.64. The molecule has 0 spiro atoms. The number of nitrogens with zero attached hydrogens (tertiary/aromatic N) is 1. The average Bonchev–Trinajstić information content (AvgIpc) is 3.58. The van der Waals surface area contributed by atoms with Gasteiger partial charge in [-0.25, -0.2) is 9.37 Å². The van der Waals surface area contributed by atoms with E-state index >= 15 is 0 Å². The topological polar surface area (TPSA) is 60.5 Å². The number of carbonyl (C=O) groups excluding carboxylic acids is 1. The van der Waals surface area contributed by atoms with Crippen LogP contribution in [0.25, 0.3) is 0 Å². The van der Waals surface area contributed by atoms with Crippen molar-refractivity contribution in [2.45, 2.75) is 38.2 Å². The molecule has 6 heteroatoms. The SMILES string of the molecule is COc1cc(COc2cccc(C3CCNCC3)n2)c(F)cc1C(=O)C1CC1. The minimum atomic E-state index is -0.459. The number of ketones is 1. The number of hydrogen-bond acceptors (Lipinski definition) is 5. The molecule has 0 radical (unpaired) electrons. The Balaban J connectivity index is 1.48. The molecule has 1 aromatic heterocycles. The minimum Gasteiger partial charge on any atom is -0.496 e. The zero-order valence-corrected chi connectivity index (χ0v) is 16.0. The summed E-state index contributed by atoms with van der Waals surface area (Å²) < 4.78 is 25.7. The van der Waals surface area contributed by atoms with Crippen LogP contribution in [-0.2, 0) is 6.61 Å². The quantitative estimate of drug-likeness (QED) is 0.735. The molecule has 5 nitrogen and oxygen atoms in total.